The molecule has 0 aliphatic carbocycles. The molecule has 0 saturated carbocycles. The summed E-state index contributed by atoms with van der Waals surface area (Å²) in [5.41, 5.74) is 1.73. The molecule has 1 aromatic carbocycles. The first kappa shape index (κ1) is 10.5. The van der Waals surface area contributed by atoms with Crippen LogP contribution in [0.3, 0.4) is 0 Å². The summed E-state index contributed by atoms with van der Waals surface area (Å²) in [6, 6.07) is 5.38. The third kappa shape index (κ3) is 2.49. The summed E-state index contributed by atoms with van der Waals surface area (Å²) < 4.78 is 5.32. The smallest absolute Gasteiger partial charge is 0.121 e. The van der Waals surface area contributed by atoms with Crippen LogP contribution >= 0.6 is 0 Å². The zero-order chi connectivity index (χ0) is 10.8. The summed E-state index contributed by atoms with van der Waals surface area (Å²) in [7, 11) is 0. The minimum atomic E-state index is -0.115. The number of aryl methyl sites for hydroxylation is 1. The molecule has 0 bridgehead atoms. The van der Waals surface area contributed by atoms with Gasteiger partial charge in [0, 0.05) is 5.56 Å². The molecule has 1 aliphatic heterocycles. The number of hydrogen-bond donors (Lipinski definition) is 2. The molecule has 2 rings (SSSR count). The Morgan fingerprint density at radius 1 is 1.40 bits per heavy atom. The predicted octanol–water partition coefficient (Wildman–Crippen LogP) is 1.60. The van der Waals surface area contributed by atoms with Gasteiger partial charge in [-0.3, -0.25) is 0 Å². The number of aromatic hydroxyl groups is 1. The lowest BCUT2D eigenvalue weighted by atomic mass is 10.0. The van der Waals surface area contributed by atoms with Gasteiger partial charge in [-0.2, -0.15) is 0 Å². The highest BCUT2D eigenvalue weighted by molar-refractivity contribution is 5.35. The molecule has 3 heteroatoms. The highest BCUT2D eigenvalue weighted by Crippen LogP contribution is 2.27. The lowest BCUT2D eigenvalue weighted by molar-refractivity contribution is 0.275. The Balaban J connectivity index is 1.96. The van der Waals surface area contributed by atoms with Crippen LogP contribution < -0.4 is 0 Å². The van der Waals surface area contributed by atoms with E-state index in [-0.39, 0.29) is 12.4 Å². The molecular formula is C12H16O3. The van der Waals surface area contributed by atoms with Crippen molar-refractivity contribution >= 4 is 0 Å². The molecule has 1 aromatic rings. The Labute approximate surface area is 89.3 Å². The van der Waals surface area contributed by atoms with Crippen molar-refractivity contribution in [1.82, 2.24) is 0 Å². The van der Waals surface area contributed by atoms with Crippen molar-refractivity contribution in [3.8, 4) is 5.75 Å². The van der Waals surface area contributed by atoms with E-state index in [1.807, 2.05) is 12.1 Å². The molecule has 1 heterocycles. The zero-order valence-corrected chi connectivity index (χ0v) is 8.81. The van der Waals surface area contributed by atoms with Gasteiger partial charge in [0.15, 0.2) is 0 Å². The average Bonchev–Trinajstić information content (AvgIpc) is 2.93. The summed E-state index contributed by atoms with van der Waals surface area (Å²) in [4.78, 5) is 0. The summed E-state index contributed by atoms with van der Waals surface area (Å²) >= 11 is 0. The summed E-state index contributed by atoms with van der Waals surface area (Å²) in [6.45, 7) is 1.96. The van der Waals surface area contributed by atoms with Crippen LogP contribution in [0.5, 0.6) is 5.75 Å². The van der Waals surface area contributed by atoms with Gasteiger partial charge in [-0.1, -0.05) is 6.07 Å². The molecule has 15 heavy (non-hydrogen) atoms. The minimum Gasteiger partial charge on any atom is -0.508 e. The lowest BCUT2D eigenvalue weighted by Crippen LogP contribution is -1.95. The molecular weight excluding hydrogens is 192 g/mol. The molecule has 82 valence electrons. The van der Waals surface area contributed by atoms with Gasteiger partial charge in [-0.15, -0.1) is 0 Å². The van der Waals surface area contributed by atoms with Crippen LogP contribution in [0.4, 0.5) is 0 Å². The number of aliphatic hydroxyl groups is 1. The first-order valence-corrected chi connectivity index (χ1v) is 5.28. The second-order valence-corrected chi connectivity index (χ2v) is 4.04. The lowest BCUT2D eigenvalue weighted by Gasteiger charge is -2.04. The van der Waals surface area contributed by atoms with Crippen LogP contribution in [0.1, 0.15) is 24.5 Å². The number of epoxide rings is 1. The molecule has 1 aliphatic rings. The Hall–Kier alpha value is -1.06. The maximum atomic E-state index is 9.38. The van der Waals surface area contributed by atoms with Crippen LogP contribution in [0.25, 0.3) is 0 Å². The van der Waals surface area contributed by atoms with E-state index in [9.17, 15) is 5.11 Å². The highest BCUT2D eigenvalue weighted by Gasteiger charge is 2.33. The van der Waals surface area contributed by atoms with Crippen LogP contribution in [0.15, 0.2) is 18.2 Å². The van der Waals surface area contributed by atoms with Gasteiger partial charge in [0.05, 0.1) is 18.8 Å². The van der Waals surface area contributed by atoms with E-state index in [1.165, 1.54) is 0 Å². The third-order valence-corrected chi connectivity index (χ3v) is 2.87. The standard InChI is InChI=1S/C12H16O3/c1-8-12(15-8)5-3-9-2-4-11(14)10(6-9)7-13/h2,4,6,8,12-14H,3,5,7H2,1H3. The number of aliphatic hydroxyl groups excluding tert-OH is 1. The Kier molecular flexibility index (Phi) is 2.93. The van der Waals surface area contributed by atoms with Crippen molar-refractivity contribution in [3.63, 3.8) is 0 Å². The maximum Gasteiger partial charge on any atom is 0.121 e. The SMILES string of the molecule is CC1OC1CCc1ccc(O)c(CO)c1. The topological polar surface area (TPSA) is 53.0 Å². The molecule has 2 N–H and O–H groups in total. The summed E-state index contributed by atoms with van der Waals surface area (Å²) in [5.74, 6) is 0.164. The van der Waals surface area contributed by atoms with E-state index in [1.54, 1.807) is 6.07 Å². The summed E-state index contributed by atoms with van der Waals surface area (Å²) in [5, 5.41) is 18.4. The van der Waals surface area contributed by atoms with E-state index >= 15 is 0 Å². The maximum absolute atomic E-state index is 9.38. The fourth-order valence-corrected chi connectivity index (χ4v) is 1.76. The van der Waals surface area contributed by atoms with Crippen molar-refractivity contribution in [2.24, 2.45) is 0 Å². The second kappa shape index (κ2) is 4.21. The van der Waals surface area contributed by atoms with Gasteiger partial charge >= 0.3 is 0 Å². The molecule has 1 saturated heterocycles. The van der Waals surface area contributed by atoms with E-state index in [4.69, 9.17) is 9.84 Å². The average molecular weight is 208 g/mol. The molecule has 0 spiro atoms. The van der Waals surface area contributed by atoms with Crippen molar-refractivity contribution in [2.45, 2.75) is 38.6 Å². The van der Waals surface area contributed by atoms with Crippen LogP contribution in [0, 0.1) is 0 Å². The Morgan fingerprint density at radius 2 is 2.13 bits per heavy atom. The highest BCUT2D eigenvalue weighted by atomic mass is 16.6. The van der Waals surface area contributed by atoms with Gasteiger partial charge in [0.1, 0.15) is 5.75 Å². The fraction of sp³-hybridized carbons (Fsp3) is 0.500. The molecule has 3 nitrogen and oxygen atoms in total. The second-order valence-electron chi connectivity index (χ2n) is 4.04. The zero-order valence-electron chi connectivity index (χ0n) is 8.81. The Morgan fingerprint density at radius 3 is 2.73 bits per heavy atom. The van der Waals surface area contributed by atoms with Crippen LogP contribution in [-0.4, -0.2) is 22.4 Å². The first-order chi connectivity index (χ1) is 7.20. The molecule has 0 aromatic heterocycles. The van der Waals surface area contributed by atoms with Gasteiger partial charge in [0.2, 0.25) is 0 Å². The quantitative estimate of drug-likeness (QED) is 0.739. The molecule has 2 atom stereocenters. The van der Waals surface area contributed by atoms with E-state index in [2.05, 4.69) is 6.92 Å². The van der Waals surface area contributed by atoms with Gasteiger partial charge in [-0.05, 0) is 37.5 Å². The van der Waals surface area contributed by atoms with Gasteiger partial charge in [-0.25, -0.2) is 0 Å². The van der Waals surface area contributed by atoms with Crippen LogP contribution in [0.2, 0.25) is 0 Å². The molecule has 1 fully saturated rings. The van der Waals surface area contributed by atoms with Crippen LogP contribution in [-0.2, 0) is 17.8 Å². The van der Waals surface area contributed by atoms with Gasteiger partial charge < -0.3 is 14.9 Å². The number of hydrogen-bond acceptors (Lipinski definition) is 3. The monoisotopic (exact) mass is 208 g/mol. The van der Waals surface area contributed by atoms with Crippen molar-refractivity contribution in [2.75, 3.05) is 0 Å². The largest absolute Gasteiger partial charge is 0.508 e. The van der Waals surface area contributed by atoms with E-state index < -0.39 is 0 Å². The summed E-state index contributed by atoms with van der Waals surface area (Å²) in [6.07, 6.45) is 2.75. The predicted molar refractivity (Wildman–Crippen MR) is 56.7 cm³/mol. The number of ether oxygens (including phenoxy) is 1. The third-order valence-electron chi connectivity index (χ3n) is 2.87. The van der Waals surface area contributed by atoms with Gasteiger partial charge in [0.25, 0.3) is 0 Å². The fourth-order valence-electron chi connectivity index (χ4n) is 1.76. The number of phenols is 1. The number of rotatable bonds is 4. The molecule has 2 unspecified atom stereocenters. The van der Waals surface area contributed by atoms with E-state index in [0.29, 0.717) is 17.8 Å². The van der Waals surface area contributed by atoms with Crippen molar-refractivity contribution in [1.29, 1.82) is 0 Å². The van der Waals surface area contributed by atoms with E-state index in [0.717, 1.165) is 18.4 Å². The normalized spacial score (nSPS) is 24.1. The Bertz CT molecular complexity index is 349. The first-order valence-electron chi connectivity index (χ1n) is 5.28. The van der Waals surface area contributed by atoms with Crippen molar-refractivity contribution in [3.05, 3.63) is 29.3 Å². The number of benzene rings is 1. The molecule has 0 radical (unpaired) electrons. The van der Waals surface area contributed by atoms with Crippen molar-refractivity contribution < 1.29 is 14.9 Å². The molecule has 0 amide bonds. The minimum absolute atomic E-state index is 0.115.